The Morgan fingerprint density at radius 1 is 1.25 bits per heavy atom. The first kappa shape index (κ1) is 17.6. The van der Waals surface area contributed by atoms with E-state index in [1.807, 2.05) is 0 Å². The molecule has 0 saturated carbocycles. The highest BCUT2D eigenvalue weighted by molar-refractivity contribution is 6.18. The third-order valence-electron chi connectivity index (χ3n) is 3.39. The standard InChI is InChI=1S/C15H24Cl2N2O/c1-12-2-3-15(19(7-5-16)8-6-17)11-13(12)10-14(18)4-9-20/h2-3,11,14,20H,4-10,18H2,1H3. The van der Waals surface area contributed by atoms with Gasteiger partial charge >= 0.3 is 0 Å². The van der Waals surface area contributed by atoms with Gasteiger partial charge in [0.05, 0.1) is 0 Å². The van der Waals surface area contributed by atoms with Crippen molar-refractivity contribution < 1.29 is 5.11 Å². The number of anilines is 1. The molecule has 0 saturated heterocycles. The number of nitrogens with two attached hydrogens (primary N) is 1. The van der Waals surface area contributed by atoms with Crippen molar-refractivity contribution in [2.75, 3.05) is 36.4 Å². The predicted molar refractivity (Wildman–Crippen MR) is 88.2 cm³/mol. The second-order valence-electron chi connectivity index (χ2n) is 4.95. The number of aliphatic hydroxyl groups is 1. The van der Waals surface area contributed by atoms with Crippen molar-refractivity contribution in [1.29, 1.82) is 0 Å². The van der Waals surface area contributed by atoms with E-state index in [4.69, 9.17) is 34.0 Å². The quantitative estimate of drug-likeness (QED) is 0.688. The van der Waals surface area contributed by atoms with Gasteiger partial charge in [0, 0.05) is 43.2 Å². The zero-order valence-corrected chi connectivity index (χ0v) is 13.5. The lowest BCUT2D eigenvalue weighted by Crippen LogP contribution is -2.28. The maximum Gasteiger partial charge on any atom is 0.0445 e. The minimum atomic E-state index is -0.0107. The molecule has 1 rings (SSSR count). The van der Waals surface area contributed by atoms with Gasteiger partial charge in [0.25, 0.3) is 0 Å². The van der Waals surface area contributed by atoms with E-state index in [0.29, 0.717) is 18.2 Å². The lowest BCUT2D eigenvalue weighted by Gasteiger charge is -2.24. The van der Waals surface area contributed by atoms with E-state index >= 15 is 0 Å². The Labute approximate surface area is 131 Å². The Bertz CT molecular complexity index is 395. The molecule has 0 fully saturated rings. The summed E-state index contributed by atoms with van der Waals surface area (Å²) in [6.07, 6.45) is 1.40. The van der Waals surface area contributed by atoms with Gasteiger partial charge in [-0.25, -0.2) is 0 Å². The van der Waals surface area contributed by atoms with Gasteiger partial charge in [-0.1, -0.05) is 6.07 Å². The van der Waals surface area contributed by atoms with Crippen molar-refractivity contribution in [2.24, 2.45) is 5.73 Å². The zero-order valence-electron chi connectivity index (χ0n) is 12.0. The Kier molecular flexibility index (Phi) is 8.31. The fraction of sp³-hybridized carbons (Fsp3) is 0.600. The molecule has 1 atom stereocenters. The summed E-state index contributed by atoms with van der Waals surface area (Å²) in [6, 6.07) is 6.34. The molecule has 0 aliphatic heterocycles. The van der Waals surface area contributed by atoms with Crippen molar-refractivity contribution >= 4 is 28.9 Å². The topological polar surface area (TPSA) is 49.5 Å². The summed E-state index contributed by atoms with van der Waals surface area (Å²) in [7, 11) is 0. The lowest BCUT2D eigenvalue weighted by molar-refractivity contribution is 0.275. The molecule has 0 bridgehead atoms. The molecule has 0 aliphatic rings. The monoisotopic (exact) mass is 318 g/mol. The number of alkyl halides is 2. The van der Waals surface area contributed by atoms with Crippen LogP contribution >= 0.6 is 23.2 Å². The lowest BCUT2D eigenvalue weighted by atomic mass is 9.99. The summed E-state index contributed by atoms with van der Waals surface area (Å²) in [4.78, 5) is 2.18. The van der Waals surface area contributed by atoms with Crippen LogP contribution in [0, 0.1) is 6.92 Å². The molecule has 3 N–H and O–H groups in total. The number of benzene rings is 1. The second-order valence-corrected chi connectivity index (χ2v) is 5.71. The summed E-state index contributed by atoms with van der Waals surface area (Å²) in [6.45, 7) is 3.77. The summed E-state index contributed by atoms with van der Waals surface area (Å²) < 4.78 is 0. The molecule has 1 aromatic rings. The first-order chi connectivity index (χ1) is 9.62. The van der Waals surface area contributed by atoms with Crippen LogP contribution in [0.4, 0.5) is 5.69 Å². The molecule has 1 aromatic carbocycles. The van der Waals surface area contributed by atoms with Crippen LogP contribution in [0.1, 0.15) is 17.5 Å². The minimum Gasteiger partial charge on any atom is -0.396 e. The summed E-state index contributed by atoms with van der Waals surface area (Å²) in [5.41, 5.74) is 9.58. The number of nitrogens with zero attached hydrogens (tertiary/aromatic N) is 1. The highest BCUT2D eigenvalue weighted by atomic mass is 35.5. The number of hydrogen-bond acceptors (Lipinski definition) is 3. The van der Waals surface area contributed by atoms with Crippen LogP contribution < -0.4 is 10.6 Å². The summed E-state index contributed by atoms with van der Waals surface area (Å²) >= 11 is 11.7. The van der Waals surface area contributed by atoms with Crippen molar-refractivity contribution in [3.8, 4) is 0 Å². The molecular formula is C15H24Cl2N2O. The van der Waals surface area contributed by atoms with Gasteiger partial charge in [-0.2, -0.15) is 0 Å². The van der Waals surface area contributed by atoms with Gasteiger partial charge in [0.2, 0.25) is 0 Å². The maximum absolute atomic E-state index is 8.95. The van der Waals surface area contributed by atoms with Crippen LogP contribution in [0.15, 0.2) is 18.2 Å². The summed E-state index contributed by atoms with van der Waals surface area (Å²) in [5.74, 6) is 1.15. The van der Waals surface area contributed by atoms with Crippen LogP contribution in [-0.2, 0) is 6.42 Å². The third-order valence-corrected chi connectivity index (χ3v) is 3.73. The van der Waals surface area contributed by atoms with E-state index in [1.54, 1.807) is 0 Å². The van der Waals surface area contributed by atoms with Gasteiger partial charge in [0.1, 0.15) is 0 Å². The van der Waals surface area contributed by atoms with E-state index in [2.05, 4.69) is 30.0 Å². The average molecular weight is 319 g/mol. The molecule has 0 radical (unpaired) electrons. The third kappa shape index (κ3) is 5.49. The molecule has 0 aromatic heterocycles. The Morgan fingerprint density at radius 3 is 2.45 bits per heavy atom. The molecule has 0 aliphatic carbocycles. The van der Waals surface area contributed by atoms with Crippen molar-refractivity contribution in [3.63, 3.8) is 0 Å². The summed E-state index contributed by atoms with van der Waals surface area (Å²) in [5, 5.41) is 8.95. The number of hydrogen-bond donors (Lipinski definition) is 2. The number of halogens is 2. The number of aryl methyl sites for hydroxylation is 1. The van der Waals surface area contributed by atoms with Crippen LogP contribution in [0.25, 0.3) is 0 Å². The first-order valence-electron chi connectivity index (χ1n) is 6.95. The largest absolute Gasteiger partial charge is 0.396 e. The molecule has 0 spiro atoms. The van der Waals surface area contributed by atoms with E-state index in [0.717, 1.165) is 25.2 Å². The van der Waals surface area contributed by atoms with Gasteiger partial charge in [0.15, 0.2) is 0 Å². The van der Waals surface area contributed by atoms with Crippen LogP contribution in [0.5, 0.6) is 0 Å². The van der Waals surface area contributed by atoms with Gasteiger partial charge in [-0.05, 0) is 43.0 Å². The zero-order chi connectivity index (χ0) is 15.0. The molecule has 0 amide bonds. The predicted octanol–water partition coefficient (Wildman–Crippen LogP) is 2.53. The Morgan fingerprint density at radius 2 is 1.90 bits per heavy atom. The van der Waals surface area contributed by atoms with Gasteiger partial charge < -0.3 is 15.7 Å². The molecule has 5 heteroatoms. The average Bonchev–Trinajstić information content (AvgIpc) is 2.41. The highest BCUT2D eigenvalue weighted by Crippen LogP contribution is 2.21. The minimum absolute atomic E-state index is 0.0107. The Balaban J connectivity index is 2.88. The van der Waals surface area contributed by atoms with Crippen molar-refractivity contribution in [2.45, 2.75) is 25.8 Å². The van der Waals surface area contributed by atoms with E-state index in [9.17, 15) is 0 Å². The van der Waals surface area contributed by atoms with E-state index < -0.39 is 0 Å². The maximum atomic E-state index is 8.95. The van der Waals surface area contributed by atoms with Crippen molar-refractivity contribution in [3.05, 3.63) is 29.3 Å². The normalized spacial score (nSPS) is 12.4. The van der Waals surface area contributed by atoms with Crippen molar-refractivity contribution in [1.82, 2.24) is 0 Å². The van der Waals surface area contributed by atoms with Gasteiger partial charge in [-0.15, -0.1) is 23.2 Å². The van der Waals surface area contributed by atoms with E-state index in [1.165, 1.54) is 11.1 Å². The van der Waals surface area contributed by atoms with Crippen LogP contribution in [0.3, 0.4) is 0 Å². The number of aliphatic hydroxyl groups excluding tert-OH is 1. The fourth-order valence-electron chi connectivity index (χ4n) is 2.20. The highest BCUT2D eigenvalue weighted by Gasteiger charge is 2.10. The Hall–Kier alpha value is -0.480. The smallest absolute Gasteiger partial charge is 0.0445 e. The SMILES string of the molecule is Cc1ccc(N(CCCl)CCCl)cc1CC(N)CCO. The van der Waals surface area contributed by atoms with E-state index in [-0.39, 0.29) is 12.6 Å². The molecule has 20 heavy (non-hydrogen) atoms. The molecule has 0 heterocycles. The second kappa shape index (κ2) is 9.46. The fourth-order valence-corrected chi connectivity index (χ4v) is 2.61. The first-order valence-corrected chi connectivity index (χ1v) is 8.02. The van der Waals surface area contributed by atoms with Crippen LogP contribution in [-0.4, -0.2) is 42.6 Å². The molecule has 1 unspecified atom stereocenters. The molecule has 3 nitrogen and oxygen atoms in total. The molecule has 114 valence electrons. The van der Waals surface area contributed by atoms with Crippen LogP contribution in [0.2, 0.25) is 0 Å². The number of rotatable bonds is 9. The van der Waals surface area contributed by atoms with Gasteiger partial charge in [-0.3, -0.25) is 0 Å². The molecular weight excluding hydrogens is 295 g/mol.